The average molecular weight is 296 g/mol. The average Bonchev–Trinajstić information content (AvgIpc) is 2.52. The molecule has 0 bridgehead atoms. The predicted octanol–water partition coefficient (Wildman–Crippen LogP) is 3.80. The van der Waals surface area contributed by atoms with Crippen LogP contribution in [0.5, 0.6) is 0 Å². The van der Waals surface area contributed by atoms with Crippen molar-refractivity contribution in [3.05, 3.63) is 54.1 Å². The Balaban J connectivity index is 1.99. The summed E-state index contributed by atoms with van der Waals surface area (Å²) in [6, 6.07) is 15.5. The van der Waals surface area contributed by atoms with Crippen LogP contribution in [-0.4, -0.2) is 20.0 Å². The van der Waals surface area contributed by atoms with Crippen LogP contribution < -0.4 is 10.2 Å². The van der Waals surface area contributed by atoms with E-state index >= 15 is 0 Å². The van der Waals surface area contributed by atoms with Crippen molar-refractivity contribution < 1.29 is 4.79 Å². The van der Waals surface area contributed by atoms with Gasteiger partial charge in [0.25, 0.3) is 0 Å². The van der Waals surface area contributed by atoms with E-state index in [1.807, 2.05) is 67.5 Å². The molecule has 0 aromatic heterocycles. The molecule has 2 aromatic rings. The van der Waals surface area contributed by atoms with E-state index in [0.717, 1.165) is 22.6 Å². The fourth-order valence-electron chi connectivity index (χ4n) is 1.84. The molecule has 22 heavy (non-hydrogen) atoms. The van der Waals surface area contributed by atoms with Crippen molar-refractivity contribution in [3.63, 3.8) is 0 Å². The van der Waals surface area contributed by atoms with Gasteiger partial charge in [-0.3, -0.25) is 4.79 Å². The van der Waals surface area contributed by atoms with Gasteiger partial charge in [0.15, 0.2) is 0 Å². The van der Waals surface area contributed by atoms with Crippen molar-refractivity contribution in [2.75, 3.05) is 19.0 Å². The van der Waals surface area contributed by atoms with Crippen LogP contribution in [0, 0.1) is 0 Å². The molecule has 0 unspecified atom stereocenters. The lowest BCUT2D eigenvalue weighted by molar-refractivity contribution is -0.119. The van der Waals surface area contributed by atoms with Crippen LogP contribution in [0.1, 0.15) is 12.5 Å². The second kappa shape index (κ2) is 7.36. The summed E-state index contributed by atoms with van der Waals surface area (Å²) in [6.45, 7) is 2.03. The number of rotatable bonds is 5. The molecule has 5 heteroatoms. The minimum Gasteiger partial charge on any atom is -0.378 e. The SMILES string of the molecule is CC(=O)NCc1ccc(N=Nc2ccc(N(C)C)cc2)cc1. The molecule has 1 amide bonds. The number of hydrogen-bond acceptors (Lipinski definition) is 4. The van der Waals surface area contributed by atoms with Gasteiger partial charge in [-0.25, -0.2) is 0 Å². The molecular formula is C17H20N4O. The minimum absolute atomic E-state index is 0.0371. The smallest absolute Gasteiger partial charge is 0.217 e. The first kappa shape index (κ1) is 15.7. The molecule has 0 spiro atoms. The van der Waals surface area contributed by atoms with Gasteiger partial charge in [0.1, 0.15) is 0 Å². The Morgan fingerprint density at radius 2 is 1.45 bits per heavy atom. The Morgan fingerprint density at radius 3 is 1.91 bits per heavy atom. The van der Waals surface area contributed by atoms with Gasteiger partial charge in [0.05, 0.1) is 11.4 Å². The van der Waals surface area contributed by atoms with Crippen molar-refractivity contribution in [1.29, 1.82) is 0 Å². The molecule has 0 aliphatic rings. The zero-order valence-corrected chi connectivity index (χ0v) is 13.1. The van der Waals surface area contributed by atoms with Crippen molar-refractivity contribution in [3.8, 4) is 0 Å². The number of nitrogens with one attached hydrogen (secondary N) is 1. The summed E-state index contributed by atoms with van der Waals surface area (Å²) >= 11 is 0. The number of anilines is 1. The molecule has 0 radical (unpaired) electrons. The lowest BCUT2D eigenvalue weighted by Gasteiger charge is -2.11. The van der Waals surface area contributed by atoms with Gasteiger partial charge < -0.3 is 10.2 Å². The molecule has 0 saturated carbocycles. The number of carbonyl (C=O) groups is 1. The quantitative estimate of drug-likeness (QED) is 0.853. The highest BCUT2D eigenvalue weighted by molar-refractivity contribution is 5.72. The third-order valence-electron chi connectivity index (χ3n) is 3.12. The second-order valence-corrected chi connectivity index (χ2v) is 5.19. The summed E-state index contributed by atoms with van der Waals surface area (Å²) in [7, 11) is 4.00. The lowest BCUT2D eigenvalue weighted by Crippen LogP contribution is -2.18. The first-order valence-corrected chi connectivity index (χ1v) is 7.07. The normalized spacial score (nSPS) is 10.7. The van der Waals surface area contributed by atoms with Gasteiger partial charge in [0, 0.05) is 33.3 Å². The first-order chi connectivity index (χ1) is 10.5. The molecule has 0 heterocycles. The Kier molecular flexibility index (Phi) is 5.25. The summed E-state index contributed by atoms with van der Waals surface area (Å²) in [5, 5.41) is 11.2. The molecule has 0 atom stereocenters. The van der Waals surface area contributed by atoms with E-state index in [9.17, 15) is 4.79 Å². The predicted molar refractivity (Wildman–Crippen MR) is 88.9 cm³/mol. The molecule has 2 rings (SSSR count). The van der Waals surface area contributed by atoms with Gasteiger partial charge >= 0.3 is 0 Å². The summed E-state index contributed by atoms with van der Waals surface area (Å²) in [4.78, 5) is 12.9. The van der Waals surface area contributed by atoms with Crippen LogP contribution in [0.3, 0.4) is 0 Å². The maximum Gasteiger partial charge on any atom is 0.217 e. The zero-order valence-electron chi connectivity index (χ0n) is 13.1. The number of benzene rings is 2. The number of carbonyl (C=O) groups excluding carboxylic acids is 1. The third-order valence-corrected chi connectivity index (χ3v) is 3.12. The van der Waals surface area contributed by atoms with Crippen LogP contribution >= 0.6 is 0 Å². The highest BCUT2D eigenvalue weighted by Gasteiger charge is 1.97. The van der Waals surface area contributed by atoms with E-state index in [1.165, 1.54) is 6.92 Å². The van der Waals surface area contributed by atoms with E-state index in [-0.39, 0.29) is 5.91 Å². The van der Waals surface area contributed by atoms with Gasteiger partial charge in [-0.1, -0.05) is 12.1 Å². The Hall–Kier alpha value is -2.69. The number of amides is 1. The molecule has 5 nitrogen and oxygen atoms in total. The van der Waals surface area contributed by atoms with E-state index < -0.39 is 0 Å². The van der Waals surface area contributed by atoms with Crippen molar-refractivity contribution in [1.82, 2.24) is 5.32 Å². The molecule has 1 N–H and O–H groups in total. The molecule has 0 aliphatic heterocycles. The van der Waals surface area contributed by atoms with Crippen LogP contribution in [0.4, 0.5) is 17.1 Å². The van der Waals surface area contributed by atoms with Crippen molar-refractivity contribution >= 4 is 23.0 Å². The minimum atomic E-state index is -0.0371. The summed E-state index contributed by atoms with van der Waals surface area (Å²) in [5.41, 5.74) is 3.75. The molecule has 0 saturated heterocycles. The molecular weight excluding hydrogens is 276 g/mol. The molecule has 0 aliphatic carbocycles. The molecule has 0 fully saturated rings. The van der Waals surface area contributed by atoms with E-state index in [4.69, 9.17) is 0 Å². The maximum atomic E-state index is 10.9. The molecule has 114 valence electrons. The summed E-state index contributed by atoms with van der Waals surface area (Å²) in [5.74, 6) is -0.0371. The zero-order chi connectivity index (χ0) is 15.9. The number of azo groups is 1. The first-order valence-electron chi connectivity index (χ1n) is 7.07. The molecule has 2 aromatic carbocycles. The van der Waals surface area contributed by atoms with Crippen LogP contribution in [0.25, 0.3) is 0 Å². The monoisotopic (exact) mass is 296 g/mol. The van der Waals surface area contributed by atoms with Gasteiger partial charge in [0.2, 0.25) is 5.91 Å². The fourth-order valence-corrected chi connectivity index (χ4v) is 1.84. The second-order valence-electron chi connectivity index (χ2n) is 5.19. The van der Waals surface area contributed by atoms with E-state index in [1.54, 1.807) is 0 Å². The fraction of sp³-hybridized carbons (Fsp3) is 0.235. The van der Waals surface area contributed by atoms with Gasteiger partial charge in [-0.15, -0.1) is 0 Å². The van der Waals surface area contributed by atoms with Crippen LogP contribution in [0.15, 0.2) is 58.8 Å². The highest BCUT2D eigenvalue weighted by Crippen LogP contribution is 2.21. The van der Waals surface area contributed by atoms with Gasteiger partial charge in [-0.05, 0) is 42.0 Å². The van der Waals surface area contributed by atoms with Crippen LogP contribution in [0.2, 0.25) is 0 Å². The largest absolute Gasteiger partial charge is 0.378 e. The van der Waals surface area contributed by atoms with E-state index in [2.05, 4.69) is 15.5 Å². The maximum absolute atomic E-state index is 10.9. The van der Waals surface area contributed by atoms with Crippen molar-refractivity contribution in [2.45, 2.75) is 13.5 Å². The topological polar surface area (TPSA) is 57.1 Å². The Morgan fingerprint density at radius 1 is 0.955 bits per heavy atom. The Labute approximate surface area is 130 Å². The van der Waals surface area contributed by atoms with Crippen molar-refractivity contribution in [2.24, 2.45) is 10.2 Å². The van der Waals surface area contributed by atoms with Gasteiger partial charge in [-0.2, -0.15) is 10.2 Å². The lowest BCUT2D eigenvalue weighted by atomic mass is 10.2. The summed E-state index contributed by atoms with van der Waals surface area (Å²) in [6.07, 6.45) is 0. The number of nitrogens with zero attached hydrogens (tertiary/aromatic N) is 3. The highest BCUT2D eigenvalue weighted by atomic mass is 16.1. The standard InChI is InChI=1S/C17H20N4O/c1-13(22)18-12-14-4-6-15(7-5-14)19-20-16-8-10-17(11-9-16)21(2)3/h4-11H,12H2,1-3H3,(H,18,22). The summed E-state index contributed by atoms with van der Waals surface area (Å²) < 4.78 is 0. The van der Waals surface area contributed by atoms with E-state index in [0.29, 0.717) is 6.54 Å². The van der Waals surface area contributed by atoms with Crippen LogP contribution in [-0.2, 0) is 11.3 Å². The Bertz CT molecular complexity index is 645. The third kappa shape index (κ3) is 4.70. The number of hydrogen-bond donors (Lipinski definition) is 1.